The SMILES string of the molecule is CCOC(=O)C(NC1CC1)c1cccc(C(F)F)c1. The molecule has 1 aromatic rings. The standard InChI is InChI=1S/C14H17F2NO2/c1-2-19-14(18)12(17-11-6-7-11)9-4-3-5-10(8-9)13(15)16/h3-5,8,11-13,17H,2,6-7H2,1H3. The summed E-state index contributed by atoms with van der Waals surface area (Å²) in [7, 11) is 0. The van der Waals surface area contributed by atoms with Crippen LogP contribution < -0.4 is 5.32 Å². The molecule has 1 fully saturated rings. The number of halogens is 2. The maximum Gasteiger partial charge on any atom is 0.327 e. The lowest BCUT2D eigenvalue weighted by atomic mass is 10.0. The summed E-state index contributed by atoms with van der Waals surface area (Å²) < 4.78 is 30.4. The van der Waals surface area contributed by atoms with E-state index in [0.29, 0.717) is 5.56 Å². The summed E-state index contributed by atoms with van der Waals surface area (Å²) in [5.41, 5.74) is 0.451. The molecule has 1 N–H and O–H groups in total. The molecule has 1 atom stereocenters. The van der Waals surface area contributed by atoms with Gasteiger partial charge < -0.3 is 4.74 Å². The Balaban J connectivity index is 2.20. The van der Waals surface area contributed by atoms with E-state index < -0.39 is 18.4 Å². The fourth-order valence-corrected chi connectivity index (χ4v) is 1.89. The Morgan fingerprint density at radius 3 is 2.68 bits per heavy atom. The summed E-state index contributed by atoms with van der Waals surface area (Å²) in [6.45, 7) is 2.00. The number of hydrogen-bond acceptors (Lipinski definition) is 3. The average molecular weight is 269 g/mol. The summed E-state index contributed by atoms with van der Waals surface area (Å²) in [6.07, 6.45) is -0.529. The van der Waals surface area contributed by atoms with Gasteiger partial charge >= 0.3 is 5.97 Å². The molecule has 104 valence electrons. The van der Waals surface area contributed by atoms with Gasteiger partial charge in [-0.25, -0.2) is 13.6 Å². The highest BCUT2D eigenvalue weighted by Crippen LogP contribution is 2.27. The van der Waals surface area contributed by atoms with Crippen LogP contribution in [0.4, 0.5) is 8.78 Å². The van der Waals surface area contributed by atoms with Crippen molar-refractivity contribution < 1.29 is 18.3 Å². The predicted molar refractivity (Wildman–Crippen MR) is 66.9 cm³/mol. The van der Waals surface area contributed by atoms with Crippen LogP contribution in [0.25, 0.3) is 0 Å². The zero-order valence-corrected chi connectivity index (χ0v) is 10.7. The van der Waals surface area contributed by atoms with Crippen LogP contribution in [-0.2, 0) is 9.53 Å². The van der Waals surface area contributed by atoms with Crippen molar-refractivity contribution in [3.8, 4) is 0 Å². The fourth-order valence-electron chi connectivity index (χ4n) is 1.89. The van der Waals surface area contributed by atoms with Crippen molar-refractivity contribution in [2.24, 2.45) is 0 Å². The van der Waals surface area contributed by atoms with Gasteiger partial charge in [0.25, 0.3) is 6.43 Å². The highest BCUT2D eigenvalue weighted by atomic mass is 19.3. The van der Waals surface area contributed by atoms with E-state index in [1.54, 1.807) is 13.0 Å². The van der Waals surface area contributed by atoms with Crippen LogP contribution >= 0.6 is 0 Å². The Kier molecular flexibility index (Phi) is 4.47. The van der Waals surface area contributed by atoms with Crippen LogP contribution in [0.2, 0.25) is 0 Å². The zero-order chi connectivity index (χ0) is 13.8. The minimum absolute atomic E-state index is 0.0793. The number of carbonyl (C=O) groups is 1. The number of rotatable bonds is 6. The summed E-state index contributed by atoms with van der Waals surface area (Å²) in [4.78, 5) is 11.9. The molecule has 2 rings (SSSR count). The van der Waals surface area contributed by atoms with Gasteiger partial charge in [0.15, 0.2) is 0 Å². The maximum absolute atomic E-state index is 12.7. The van der Waals surface area contributed by atoms with Gasteiger partial charge in [-0.15, -0.1) is 0 Å². The molecule has 0 spiro atoms. The lowest BCUT2D eigenvalue weighted by molar-refractivity contribution is -0.145. The molecule has 0 aliphatic heterocycles. The molecule has 5 heteroatoms. The molecule has 3 nitrogen and oxygen atoms in total. The van der Waals surface area contributed by atoms with Gasteiger partial charge in [0.1, 0.15) is 6.04 Å². The van der Waals surface area contributed by atoms with E-state index in [2.05, 4.69) is 5.32 Å². The third kappa shape index (κ3) is 3.73. The van der Waals surface area contributed by atoms with Gasteiger partial charge in [0, 0.05) is 11.6 Å². The monoisotopic (exact) mass is 269 g/mol. The van der Waals surface area contributed by atoms with Crippen LogP contribution in [-0.4, -0.2) is 18.6 Å². The highest BCUT2D eigenvalue weighted by Gasteiger charge is 2.30. The average Bonchev–Trinajstić information content (AvgIpc) is 3.20. The molecular weight excluding hydrogens is 252 g/mol. The largest absolute Gasteiger partial charge is 0.465 e. The lowest BCUT2D eigenvalue weighted by Gasteiger charge is -2.18. The van der Waals surface area contributed by atoms with Crippen molar-refractivity contribution in [2.45, 2.75) is 38.3 Å². The molecular formula is C14H17F2NO2. The minimum Gasteiger partial charge on any atom is -0.465 e. The van der Waals surface area contributed by atoms with Crippen molar-refractivity contribution in [2.75, 3.05) is 6.61 Å². The normalized spacial score (nSPS) is 16.4. The Morgan fingerprint density at radius 1 is 1.42 bits per heavy atom. The number of esters is 1. The molecule has 0 amide bonds. The third-order valence-corrected chi connectivity index (χ3v) is 3.00. The second kappa shape index (κ2) is 6.10. The van der Waals surface area contributed by atoms with Crippen LogP contribution in [0, 0.1) is 0 Å². The van der Waals surface area contributed by atoms with Gasteiger partial charge in [-0.1, -0.05) is 18.2 Å². The Bertz CT molecular complexity index is 447. The number of alkyl halides is 2. The molecule has 1 saturated carbocycles. The molecule has 19 heavy (non-hydrogen) atoms. The van der Waals surface area contributed by atoms with Crippen LogP contribution in [0.1, 0.15) is 43.4 Å². The summed E-state index contributed by atoms with van der Waals surface area (Å²) in [5.74, 6) is -0.416. The van der Waals surface area contributed by atoms with E-state index in [-0.39, 0.29) is 18.2 Å². The Labute approximate surface area is 111 Å². The molecule has 0 heterocycles. The third-order valence-electron chi connectivity index (χ3n) is 3.00. The van der Waals surface area contributed by atoms with Crippen LogP contribution in [0.5, 0.6) is 0 Å². The first-order valence-corrected chi connectivity index (χ1v) is 6.42. The van der Waals surface area contributed by atoms with Crippen molar-refractivity contribution >= 4 is 5.97 Å². The van der Waals surface area contributed by atoms with Gasteiger partial charge in [0.05, 0.1) is 6.61 Å². The highest BCUT2D eigenvalue weighted by molar-refractivity contribution is 5.77. The van der Waals surface area contributed by atoms with Crippen molar-refractivity contribution in [3.05, 3.63) is 35.4 Å². The molecule has 0 aromatic heterocycles. The zero-order valence-electron chi connectivity index (χ0n) is 10.7. The molecule has 0 saturated heterocycles. The first-order chi connectivity index (χ1) is 9.11. The summed E-state index contributed by atoms with van der Waals surface area (Å²) >= 11 is 0. The number of benzene rings is 1. The van der Waals surface area contributed by atoms with Crippen LogP contribution in [0.3, 0.4) is 0 Å². The smallest absolute Gasteiger partial charge is 0.327 e. The van der Waals surface area contributed by atoms with Crippen molar-refractivity contribution in [1.29, 1.82) is 0 Å². The summed E-state index contributed by atoms with van der Waals surface area (Å²) in [6, 6.07) is 5.55. The Hall–Kier alpha value is -1.49. The molecule has 1 aliphatic carbocycles. The van der Waals surface area contributed by atoms with Crippen LogP contribution in [0.15, 0.2) is 24.3 Å². The second-order valence-electron chi connectivity index (χ2n) is 4.60. The summed E-state index contributed by atoms with van der Waals surface area (Å²) in [5, 5.41) is 3.14. The number of hydrogen-bond donors (Lipinski definition) is 1. The van der Waals surface area contributed by atoms with E-state index in [4.69, 9.17) is 4.74 Å². The van der Waals surface area contributed by atoms with Gasteiger partial charge in [-0.2, -0.15) is 0 Å². The maximum atomic E-state index is 12.7. The quantitative estimate of drug-likeness (QED) is 0.807. The van der Waals surface area contributed by atoms with E-state index >= 15 is 0 Å². The number of ether oxygens (including phenoxy) is 1. The molecule has 0 bridgehead atoms. The predicted octanol–water partition coefficient (Wildman–Crippen LogP) is 2.98. The fraction of sp³-hybridized carbons (Fsp3) is 0.500. The molecule has 1 aliphatic rings. The van der Waals surface area contributed by atoms with E-state index in [1.807, 2.05) is 0 Å². The van der Waals surface area contributed by atoms with Gasteiger partial charge in [0.2, 0.25) is 0 Å². The second-order valence-corrected chi connectivity index (χ2v) is 4.60. The van der Waals surface area contributed by atoms with Crippen molar-refractivity contribution in [3.63, 3.8) is 0 Å². The minimum atomic E-state index is -2.54. The first kappa shape index (κ1) is 13.9. The molecule has 1 unspecified atom stereocenters. The topological polar surface area (TPSA) is 38.3 Å². The first-order valence-electron chi connectivity index (χ1n) is 6.42. The Morgan fingerprint density at radius 2 is 2.11 bits per heavy atom. The van der Waals surface area contributed by atoms with E-state index in [0.717, 1.165) is 12.8 Å². The molecule has 0 radical (unpaired) electrons. The number of nitrogens with one attached hydrogen (secondary N) is 1. The lowest BCUT2D eigenvalue weighted by Crippen LogP contribution is -2.31. The van der Waals surface area contributed by atoms with E-state index in [9.17, 15) is 13.6 Å². The molecule has 1 aromatic carbocycles. The van der Waals surface area contributed by atoms with Gasteiger partial charge in [-0.3, -0.25) is 5.32 Å². The van der Waals surface area contributed by atoms with Crippen molar-refractivity contribution in [1.82, 2.24) is 5.32 Å². The number of carbonyl (C=O) groups excluding carboxylic acids is 1. The van der Waals surface area contributed by atoms with E-state index in [1.165, 1.54) is 18.2 Å². The van der Waals surface area contributed by atoms with Gasteiger partial charge in [-0.05, 0) is 31.4 Å².